The fraction of sp³-hybridized carbons (Fsp3) is 0.429. The van der Waals surface area contributed by atoms with Crippen LogP contribution < -0.4 is 0 Å². The summed E-state index contributed by atoms with van der Waals surface area (Å²) in [6.07, 6.45) is -3.94. The van der Waals surface area contributed by atoms with Crippen LogP contribution in [-0.4, -0.2) is 54.6 Å². The molecule has 2 aromatic rings. The molecule has 146 valence electrons. The van der Waals surface area contributed by atoms with Crippen molar-refractivity contribution in [2.75, 3.05) is 13.7 Å². The molecule has 2 N–H and O–H groups in total. The monoisotopic (exact) mass is 374 g/mol. The molecule has 6 nitrogen and oxygen atoms in total. The summed E-state index contributed by atoms with van der Waals surface area (Å²) in [5, 5.41) is 20.2. The molecule has 6 heteroatoms. The Balaban J connectivity index is 1.73. The van der Waals surface area contributed by atoms with Crippen molar-refractivity contribution in [1.82, 2.24) is 0 Å². The first-order chi connectivity index (χ1) is 13.2. The largest absolute Gasteiger partial charge is 0.394 e. The average molecular weight is 374 g/mol. The lowest BCUT2D eigenvalue weighted by Gasteiger charge is -2.43. The molecule has 27 heavy (non-hydrogen) atoms. The highest BCUT2D eigenvalue weighted by Crippen LogP contribution is 2.28. The van der Waals surface area contributed by atoms with Crippen molar-refractivity contribution in [2.45, 2.75) is 43.9 Å². The molecule has 0 spiro atoms. The molecule has 1 aliphatic heterocycles. The van der Waals surface area contributed by atoms with Crippen LogP contribution in [0.5, 0.6) is 0 Å². The van der Waals surface area contributed by atoms with Crippen molar-refractivity contribution in [1.29, 1.82) is 0 Å². The second-order valence-electron chi connectivity index (χ2n) is 6.47. The van der Waals surface area contributed by atoms with Crippen LogP contribution in [0.3, 0.4) is 0 Å². The van der Waals surface area contributed by atoms with Gasteiger partial charge in [-0.1, -0.05) is 60.7 Å². The van der Waals surface area contributed by atoms with E-state index in [-0.39, 0.29) is 6.61 Å². The maximum Gasteiger partial charge on any atom is 0.186 e. The molecule has 0 radical (unpaired) electrons. The fourth-order valence-corrected chi connectivity index (χ4v) is 3.13. The van der Waals surface area contributed by atoms with Crippen LogP contribution in [0.4, 0.5) is 0 Å². The lowest BCUT2D eigenvalue weighted by Crippen LogP contribution is -2.60. The summed E-state index contributed by atoms with van der Waals surface area (Å²) in [4.78, 5) is 0. The molecule has 0 bridgehead atoms. The zero-order valence-electron chi connectivity index (χ0n) is 15.3. The third-order valence-corrected chi connectivity index (χ3v) is 4.60. The standard InChI is InChI=1S/C21H26O6/c1-24-21-20(26-14-16-10-6-3-7-11-16)19(18(23)17(12-22)27-21)25-13-15-8-4-2-5-9-15/h2-11,17-23H,12-14H2,1H3/t17?,18-,19-,20?,21+/m0/s1. The normalized spacial score (nSPS) is 28.2. The molecule has 3 rings (SSSR count). The Bertz CT molecular complexity index is 665. The minimum Gasteiger partial charge on any atom is -0.394 e. The summed E-state index contributed by atoms with van der Waals surface area (Å²) >= 11 is 0. The second kappa shape index (κ2) is 9.94. The number of hydrogen-bond donors (Lipinski definition) is 2. The van der Waals surface area contributed by atoms with E-state index in [9.17, 15) is 10.2 Å². The number of aliphatic hydroxyl groups is 2. The zero-order chi connectivity index (χ0) is 19.1. The Hall–Kier alpha value is -1.80. The molecule has 2 unspecified atom stereocenters. The SMILES string of the molecule is CO[C@@H]1OC(CO)[C@H](O)[C@H](OCc2ccccc2)C1OCc1ccccc1. The summed E-state index contributed by atoms with van der Waals surface area (Å²) in [5.41, 5.74) is 1.97. The summed E-state index contributed by atoms with van der Waals surface area (Å²) in [6.45, 7) is 0.302. The molecule has 0 aromatic heterocycles. The Morgan fingerprint density at radius 1 is 0.852 bits per heavy atom. The van der Waals surface area contributed by atoms with E-state index in [2.05, 4.69) is 0 Å². The summed E-state index contributed by atoms with van der Waals surface area (Å²) in [7, 11) is 1.50. The van der Waals surface area contributed by atoms with Crippen LogP contribution in [0, 0.1) is 0 Å². The van der Waals surface area contributed by atoms with Crippen LogP contribution in [-0.2, 0) is 32.2 Å². The van der Waals surface area contributed by atoms with Crippen molar-refractivity contribution in [3.05, 3.63) is 71.8 Å². The predicted octanol–water partition coefficient (Wildman–Crippen LogP) is 1.88. The van der Waals surface area contributed by atoms with Gasteiger partial charge in [-0.25, -0.2) is 0 Å². The van der Waals surface area contributed by atoms with Crippen molar-refractivity contribution in [2.24, 2.45) is 0 Å². The molecule has 0 aliphatic carbocycles. The quantitative estimate of drug-likeness (QED) is 0.735. The Morgan fingerprint density at radius 3 is 1.85 bits per heavy atom. The van der Waals surface area contributed by atoms with Gasteiger partial charge in [-0.2, -0.15) is 0 Å². The molecule has 1 aliphatic rings. The van der Waals surface area contributed by atoms with Gasteiger partial charge in [0.25, 0.3) is 0 Å². The lowest BCUT2D eigenvalue weighted by molar-refractivity contribution is -0.314. The maximum absolute atomic E-state index is 10.6. The van der Waals surface area contributed by atoms with E-state index in [1.165, 1.54) is 7.11 Å². The number of benzene rings is 2. The number of aliphatic hydroxyl groups excluding tert-OH is 2. The van der Waals surface area contributed by atoms with Gasteiger partial charge >= 0.3 is 0 Å². The molecule has 1 saturated heterocycles. The van der Waals surface area contributed by atoms with Crippen LogP contribution in [0.1, 0.15) is 11.1 Å². The molecule has 1 heterocycles. The van der Waals surface area contributed by atoms with Gasteiger partial charge in [-0.15, -0.1) is 0 Å². The predicted molar refractivity (Wildman–Crippen MR) is 98.8 cm³/mol. The van der Waals surface area contributed by atoms with Crippen molar-refractivity contribution in [3.8, 4) is 0 Å². The molecular formula is C21H26O6. The smallest absolute Gasteiger partial charge is 0.186 e. The molecule has 0 saturated carbocycles. The van der Waals surface area contributed by atoms with E-state index in [0.29, 0.717) is 13.2 Å². The Morgan fingerprint density at radius 2 is 1.37 bits per heavy atom. The average Bonchev–Trinajstić information content (AvgIpc) is 2.73. The van der Waals surface area contributed by atoms with E-state index in [0.717, 1.165) is 11.1 Å². The first kappa shape index (κ1) is 19.9. The van der Waals surface area contributed by atoms with Crippen LogP contribution in [0.2, 0.25) is 0 Å². The van der Waals surface area contributed by atoms with Crippen LogP contribution in [0.15, 0.2) is 60.7 Å². The van der Waals surface area contributed by atoms with E-state index in [1.54, 1.807) is 0 Å². The van der Waals surface area contributed by atoms with Crippen LogP contribution in [0.25, 0.3) is 0 Å². The van der Waals surface area contributed by atoms with Crippen molar-refractivity contribution in [3.63, 3.8) is 0 Å². The van der Waals surface area contributed by atoms with Gasteiger partial charge in [-0.05, 0) is 11.1 Å². The summed E-state index contributed by atoms with van der Waals surface area (Å²) < 4.78 is 23.1. The minimum atomic E-state index is -1.04. The number of hydrogen-bond acceptors (Lipinski definition) is 6. The topological polar surface area (TPSA) is 77.4 Å². The molecule has 1 fully saturated rings. The van der Waals surface area contributed by atoms with Gasteiger partial charge in [0.2, 0.25) is 0 Å². The summed E-state index contributed by atoms with van der Waals surface area (Å²) in [5.74, 6) is 0. The lowest BCUT2D eigenvalue weighted by atomic mass is 9.98. The van der Waals surface area contributed by atoms with Crippen molar-refractivity contribution >= 4 is 0 Å². The number of ether oxygens (including phenoxy) is 4. The van der Waals surface area contributed by atoms with Gasteiger partial charge in [0.05, 0.1) is 19.8 Å². The second-order valence-corrected chi connectivity index (χ2v) is 6.47. The van der Waals surface area contributed by atoms with Crippen LogP contribution >= 0.6 is 0 Å². The molecule has 5 atom stereocenters. The molecule has 2 aromatic carbocycles. The van der Waals surface area contributed by atoms with Gasteiger partial charge in [0.15, 0.2) is 6.29 Å². The highest BCUT2D eigenvalue weighted by atomic mass is 16.7. The van der Waals surface area contributed by atoms with Gasteiger partial charge in [0.1, 0.15) is 24.4 Å². The first-order valence-corrected chi connectivity index (χ1v) is 9.01. The zero-order valence-corrected chi connectivity index (χ0v) is 15.3. The Labute approximate surface area is 159 Å². The van der Waals surface area contributed by atoms with E-state index < -0.39 is 30.7 Å². The van der Waals surface area contributed by atoms with E-state index in [4.69, 9.17) is 18.9 Å². The van der Waals surface area contributed by atoms with Gasteiger partial charge in [-0.3, -0.25) is 0 Å². The van der Waals surface area contributed by atoms with Gasteiger partial charge in [0, 0.05) is 7.11 Å². The highest BCUT2D eigenvalue weighted by molar-refractivity contribution is 5.14. The van der Waals surface area contributed by atoms with Crippen molar-refractivity contribution < 1.29 is 29.2 Å². The number of rotatable bonds is 8. The minimum absolute atomic E-state index is 0.308. The van der Waals surface area contributed by atoms with Gasteiger partial charge < -0.3 is 29.2 Å². The third-order valence-electron chi connectivity index (χ3n) is 4.60. The first-order valence-electron chi connectivity index (χ1n) is 9.01. The van der Waals surface area contributed by atoms with E-state index in [1.807, 2.05) is 60.7 Å². The molecule has 0 amide bonds. The molecular weight excluding hydrogens is 348 g/mol. The summed E-state index contributed by atoms with van der Waals surface area (Å²) in [6, 6.07) is 19.4. The van der Waals surface area contributed by atoms with E-state index >= 15 is 0 Å². The maximum atomic E-state index is 10.6. The highest BCUT2D eigenvalue weighted by Gasteiger charge is 2.46. The Kier molecular flexibility index (Phi) is 7.34. The third kappa shape index (κ3) is 5.13. The number of methoxy groups -OCH3 is 1. The fourth-order valence-electron chi connectivity index (χ4n) is 3.13.